The van der Waals surface area contributed by atoms with Crippen molar-refractivity contribution >= 4 is 0 Å². The van der Waals surface area contributed by atoms with E-state index in [1.54, 1.807) is 0 Å². The van der Waals surface area contributed by atoms with Gasteiger partial charge in [0.25, 0.3) is 0 Å². The van der Waals surface area contributed by atoms with E-state index in [0.717, 1.165) is 5.56 Å². The van der Waals surface area contributed by atoms with Gasteiger partial charge >= 0.3 is 0 Å². The molecule has 2 N–H and O–H groups in total. The van der Waals surface area contributed by atoms with Crippen LogP contribution in [-0.4, -0.2) is 0 Å². The molecule has 0 spiro atoms. The summed E-state index contributed by atoms with van der Waals surface area (Å²) in [6, 6.07) is 8.23. The van der Waals surface area contributed by atoms with Crippen LogP contribution in [-0.2, 0) is 0 Å². The summed E-state index contributed by atoms with van der Waals surface area (Å²) in [5.41, 5.74) is 2.38. The Hall–Kier alpha value is -1.38. The first-order chi connectivity index (χ1) is 5.74. The zero-order chi connectivity index (χ0) is 8.97. The molecule has 0 aliphatic heterocycles. The average Bonchev–Trinajstić information content (AvgIpc) is 2.06. The molecule has 0 saturated carbocycles. The van der Waals surface area contributed by atoms with Gasteiger partial charge in [-0.3, -0.25) is 0 Å². The largest absolute Gasteiger partial charge is 0.305 e. The highest BCUT2D eigenvalue weighted by Crippen LogP contribution is 2.16. The highest BCUT2D eigenvalue weighted by Gasteiger charge is 2.01. The van der Waals surface area contributed by atoms with Gasteiger partial charge in [-0.2, -0.15) is 5.11 Å². The SMILES string of the molecule is Cc1ccc(C(C)N=NN)cc1. The maximum Gasteiger partial charge on any atom is 0.0950 e. The van der Waals surface area contributed by atoms with Crippen LogP contribution in [0.3, 0.4) is 0 Å². The average molecular weight is 163 g/mol. The Morgan fingerprint density at radius 3 is 2.33 bits per heavy atom. The first-order valence-electron chi connectivity index (χ1n) is 3.90. The van der Waals surface area contributed by atoms with Crippen molar-refractivity contribution in [2.75, 3.05) is 0 Å². The number of nitrogens with zero attached hydrogens (tertiary/aromatic N) is 2. The Morgan fingerprint density at radius 2 is 1.83 bits per heavy atom. The lowest BCUT2D eigenvalue weighted by atomic mass is 10.1. The molecule has 1 rings (SSSR count). The standard InChI is InChI=1S/C9H13N3/c1-7-3-5-9(6-4-7)8(2)11-12-10/h3-6,8H,1-2H3,(H2,10,11). The van der Waals surface area contributed by atoms with Crippen LogP contribution in [0.2, 0.25) is 0 Å². The van der Waals surface area contributed by atoms with E-state index in [2.05, 4.69) is 29.4 Å². The minimum Gasteiger partial charge on any atom is -0.305 e. The Bertz CT molecular complexity index is 264. The summed E-state index contributed by atoms with van der Waals surface area (Å²) in [6.07, 6.45) is 0. The van der Waals surface area contributed by atoms with Crippen molar-refractivity contribution in [3.8, 4) is 0 Å². The van der Waals surface area contributed by atoms with Crippen LogP contribution in [0.5, 0.6) is 0 Å². The molecule has 64 valence electrons. The van der Waals surface area contributed by atoms with Crippen LogP contribution < -0.4 is 5.84 Å². The lowest BCUT2D eigenvalue weighted by Gasteiger charge is -2.03. The molecule has 1 atom stereocenters. The normalized spacial score (nSPS) is 13.5. The fourth-order valence-electron chi connectivity index (χ4n) is 1.01. The molecule has 0 amide bonds. The summed E-state index contributed by atoms with van der Waals surface area (Å²) < 4.78 is 0. The Balaban J connectivity index is 2.82. The molecule has 0 radical (unpaired) electrons. The van der Waals surface area contributed by atoms with Gasteiger partial charge in [0.1, 0.15) is 0 Å². The van der Waals surface area contributed by atoms with Crippen LogP contribution in [0.25, 0.3) is 0 Å². The molecule has 1 unspecified atom stereocenters. The Kier molecular flexibility index (Phi) is 2.80. The van der Waals surface area contributed by atoms with Gasteiger partial charge in [-0.15, -0.1) is 0 Å². The van der Waals surface area contributed by atoms with E-state index in [0.29, 0.717) is 0 Å². The summed E-state index contributed by atoms with van der Waals surface area (Å²) in [4.78, 5) is 0. The smallest absolute Gasteiger partial charge is 0.0950 e. The fraction of sp³-hybridized carbons (Fsp3) is 0.333. The van der Waals surface area contributed by atoms with E-state index in [1.807, 2.05) is 19.1 Å². The summed E-state index contributed by atoms with van der Waals surface area (Å²) in [7, 11) is 0. The minimum atomic E-state index is 0.0515. The topological polar surface area (TPSA) is 50.7 Å². The summed E-state index contributed by atoms with van der Waals surface area (Å²) in [6.45, 7) is 4.01. The van der Waals surface area contributed by atoms with Crippen molar-refractivity contribution in [2.45, 2.75) is 19.9 Å². The summed E-state index contributed by atoms with van der Waals surface area (Å²) in [5.74, 6) is 4.96. The zero-order valence-electron chi connectivity index (χ0n) is 7.36. The van der Waals surface area contributed by atoms with Crippen molar-refractivity contribution in [1.29, 1.82) is 0 Å². The van der Waals surface area contributed by atoms with Crippen molar-refractivity contribution in [3.63, 3.8) is 0 Å². The van der Waals surface area contributed by atoms with Gasteiger partial charge in [0, 0.05) is 0 Å². The third-order valence-corrected chi connectivity index (χ3v) is 1.80. The Labute approximate surface area is 72.3 Å². The third kappa shape index (κ3) is 2.05. The molecule has 0 aliphatic carbocycles. The lowest BCUT2D eigenvalue weighted by Crippen LogP contribution is -1.89. The molecule has 1 aromatic carbocycles. The van der Waals surface area contributed by atoms with Gasteiger partial charge in [-0.05, 0) is 19.4 Å². The van der Waals surface area contributed by atoms with Gasteiger partial charge < -0.3 is 5.84 Å². The molecule has 0 aliphatic rings. The first kappa shape index (κ1) is 8.71. The van der Waals surface area contributed by atoms with Crippen LogP contribution in [0, 0.1) is 6.92 Å². The number of aryl methyl sites for hydroxylation is 1. The predicted molar refractivity (Wildman–Crippen MR) is 48.6 cm³/mol. The Morgan fingerprint density at radius 1 is 1.25 bits per heavy atom. The lowest BCUT2D eigenvalue weighted by molar-refractivity contribution is 0.736. The third-order valence-electron chi connectivity index (χ3n) is 1.80. The molecule has 0 heterocycles. The highest BCUT2D eigenvalue weighted by molar-refractivity contribution is 5.23. The van der Waals surface area contributed by atoms with Crippen molar-refractivity contribution in [2.24, 2.45) is 16.2 Å². The van der Waals surface area contributed by atoms with Crippen LogP contribution >= 0.6 is 0 Å². The first-order valence-corrected chi connectivity index (χ1v) is 3.90. The van der Waals surface area contributed by atoms with Gasteiger partial charge in [0.15, 0.2) is 0 Å². The van der Waals surface area contributed by atoms with E-state index in [9.17, 15) is 0 Å². The zero-order valence-corrected chi connectivity index (χ0v) is 7.36. The second-order valence-corrected chi connectivity index (χ2v) is 2.82. The second-order valence-electron chi connectivity index (χ2n) is 2.82. The number of benzene rings is 1. The van der Waals surface area contributed by atoms with Crippen LogP contribution in [0.1, 0.15) is 24.1 Å². The molecule has 0 aromatic heterocycles. The molecular weight excluding hydrogens is 150 g/mol. The number of nitrogens with two attached hydrogens (primary N) is 1. The molecular formula is C9H13N3. The van der Waals surface area contributed by atoms with Gasteiger partial charge in [0.05, 0.1) is 6.04 Å². The predicted octanol–water partition coefficient (Wildman–Crippen LogP) is 2.38. The molecule has 3 nitrogen and oxygen atoms in total. The summed E-state index contributed by atoms with van der Waals surface area (Å²) >= 11 is 0. The molecule has 0 bridgehead atoms. The number of hydrogen-bond donors (Lipinski definition) is 1. The number of hydrogen-bond acceptors (Lipinski definition) is 2. The van der Waals surface area contributed by atoms with E-state index in [1.165, 1.54) is 5.56 Å². The monoisotopic (exact) mass is 163 g/mol. The van der Waals surface area contributed by atoms with E-state index in [4.69, 9.17) is 5.84 Å². The van der Waals surface area contributed by atoms with E-state index >= 15 is 0 Å². The van der Waals surface area contributed by atoms with Gasteiger partial charge in [-0.25, -0.2) is 0 Å². The molecule has 1 aromatic rings. The van der Waals surface area contributed by atoms with Crippen LogP contribution in [0.15, 0.2) is 34.6 Å². The van der Waals surface area contributed by atoms with Gasteiger partial charge in [-0.1, -0.05) is 35.1 Å². The summed E-state index contributed by atoms with van der Waals surface area (Å²) in [5, 5.41) is 7.09. The minimum absolute atomic E-state index is 0.0515. The quantitative estimate of drug-likeness (QED) is 0.406. The molecule has 12 heavy (non-hydrogen) atoms. The maximum absolute atomic E-state index is 4.96. The van der Waals surface area contributed by atoms with Crippen molar-refractivity contribution < 1.29 is 0 Å². The molecule has 3 heteroatoms. The molecule has 0 fully saturated rings. The van der Waals surface area contributed by atoms with Crippen LogP contribution in [0.4, 0.5) is 0 Å². The van der Waals surface area contributed by atoms with Gasteiger partial charge in [0.2, 0.25) is 0 Å². The molecule has 0 saturated heterocycles. The van der Waals surface area contributed by atoms with E-state index in [-0.39, 0.29) is 6.04 Å². The second kappa shape index (κ2) is 3.85. The van der Waals surface area contributed by atoms with Crippen molar-refractivity contribution in [1.82, 2.24) is 0 Å². The maximum atomic E-state index is 4.96. The fourth-order valence-corrected chi connectivity index (χ4v) is 1.01. The van der Waals surface area contributed by atoms with Crippen molar-refractivity contribution in [3.05, 3.63) is 35.4 Å². The number of rotatable bonds is 2. The highest BCUT2D eigenvalue weighted by atomic mass is 15.3. The van der Waals surface area contributed by atoms with E-state index < -0.39 is 0 Å².